The summed E-state index contributed by atoms with van der Waals surface area (Å²) < 4.78 is 36.7. The molecule has 1 unspecified atom stereocenters. The van der Waals surface area contributed by atoms with E-state index in [4.69, 9.17) is 0 Å². The molecule has 0 radical (unpaired) electrons. The van der Waals surface area contributed by atoms with Gasteiger partial charge in [0.25, 0.3) is 5.92 Å². The van der Waals surface area contributed by atoms with Crippen molar-refractivity contribution in [2.24, 2.45) is 0 Å². The summed E-state index contributed by atoms with van der Waals surface area (Å²) in [4.78, 5) is 0. The second kappa shape index (κ2) is 4.11. The van der Waals surface area contributed by atoms with E-state index in [2.05, 4.69) is 12.6 Å². The van der Waals surface area contributed by atoms with Crippen molar-refractivity contribution in [2.45, 2.75) is 31.9 Å². The summed E-state index contributed by atoms with van der Waals surface area (Å²) in [6.07, 6.45) is -2.20. The van der Waals surface area contributed by atoms with E-state index >= 15 is 0 Å². The highest BCUT2D eigenvalue weighted by Crippen LogP contribution is 2.26. The Morgan fingerprint density at radius 1 is 1.50 bits per heavy atom. The van der Waals surface area contributed by atoms with Crippen LogP contribution in [0.25, 0.3) is 0 Å². The standard InChI is InChI=1S/C6H11F3S/c1-5(7)6(8,9)3-2-4-10/h5,10H,2-4H2,1H3. The zero-order valence-corrected chi connectivity index (χ0v) is 6.67. The first-order chi connectivity index (χ1) is 4.50. The van der Waals surface area contributed by atoms with Crippen molar-refractivity contribution < 1.29 is 13.2 Å². The van der Waals surface area contributed by atoms with Crippen LogP contribution in [0, 0.1) is 0 Å². The Balaban J connectivity index is 3.63. The molecule has 0 saturated carbocycles. The van der Waals surface area contributed by atoms with E-state index in [1.54, 1.807) is 0 Å². The molecule has 0 saturated heterocycles. The highest BCUT2D eigenvalue weighted by Gasteiger charge is 2.35. The molecule has 0 aromatic carbocycles. The first kappa shape index (κ1) is 10.1. The molecule has 4 heteroatoms. The third kappa shape index (κ3) is 3.34. The molecule has 0 rings (SSSR count). The summed E-state index contributed by atoms with van der Waals surface area (Å²) >= 11 is 3.75. The van der Waals surface area contributed by atoms with Crippen molar-refractivity contribution in [1.82, 2.24) is 0 Å². The van der Waals surface area contributed by atoms with Crippen LogP contribution in [0.3, 0.4) is 0 Å². The fraction of sp³-hybridized carbons (Fsp3) is 1.00. The average Bonchev–Trinajstić information content (AvgIpc) is 1.84. The lowest BCUT2D eigenvalue weighted by Gasteiger charge is -2.16. The van der Waals surface area contributed by atoms with Crippen LogP contribution in [0.4, 0.5) is 13.2 Å². The molecule has 0 aromatic heterocycles. The fourth-order valence-corrected chi connectivity index (χ4v) is 0.672. The maximum absolute atomic E-state index is 12.3. The smallest absolute Gasteiger partial charge is 0.241 e. The number of hydrogen-bond acceptors (Lipinski definition) is 1. The number of alkyl halides is 3. The molecule has 10 heavy (non-hydrogen) atoms. The van der Waals surface area contributed by atoms with Crippen LogP contribution in [-0.4, -0.2) is 17.8 Å². The molecule has 0 N–H and O–H groups in total. The largest absolute Gasteiger partial charge is 0.278 e. The van der Waals surface area contributed by atoms with Crippen molar-refractivity contribution in [2.75, 3.05) is 5.75 Å². The number of halogens is 3. The molecule has 0 aliphatic carbocycles. The van der Waals surface area contributed by atoms with Gasteiger partial charge in [-0.25, -0.2) is 13.2 Å². The van der Waals surface area contributed by atoms with Crippen molar-refractivity contribution >= 4 is 12.6 Å². The van der Waals surface area contributed by atoms with Gasteiger partial charge in [-0.1, -0.05) is 0 Å². The first-order valence-corrected chi connectivity index (χ1v) is 3.76. The van der Waals surface area contributed by atoms with Gasteiger partial charge >= 0.3 is 0 Å². The molecule has 0 heterocycles. The van der Waals surface area contributed by atoms with Crippen LogP contribution in [0.15, 0.2) is 0 Å². The van der Waals surface area contributed by atoms with Gasteiger partial charge in [-0.2, -0.15) is 12.6 Å². The normalized spacial score (nSPS) is 15.3. The predicted molar refractivity (Wildman–Crippen MR) is 38.6 cm³/mol. The molecular formula is C6H11F3S. The molecule has 0 bridgehead atoms. The van der Waals surface area contributed by atoms with Crippen molar-refractivity contribution in [3.05, 3.63) is 0 Å². The first-order valence-electron chi connectivity index (χ1n) is 3.13. The van der Waals surface area contributed by atoms with E-state index < -0.39 is 18.5 Å². The molecule has 1 atom stereocenters. The monoisotopic (exact) mass is 172 g/mol. The molecule has 0 fully saturated rings. The third-order valence-corrected chi connectivity index (χ3v) is 1.57. The third-order valence-electron chi connectivity index (χ3n) is 1.25. The van der Waals surface area contributed by atoms with Gasteiger partial charge in [0, 0.05) is 6.42 Å². The molecule has 0 amide bonds. The lowest BCUT2D eigenvalue weighted by atomic mass is 10.1. The van der Waals surface area contributed by atoms with Gasteiger partial charge in [0.1, 0.15) is 0 Å². The van der Waals surface area contributed by atoms with Crippen LogP contribution in [0.2, 0.25) is 0 Å². The minimum absolute atomic E-state index is 0.254. The quantitative estimate of drug-likeness (QED) is 0.619. The second-order valence-corrected chi connectivity index (χ2v) is 2.65. The summed E-state index contributed by atoms with van der Waals surface area (Å²) in [6, 6.07) is 0. The van der Waals surface area contributed by atoms with Crippen LogP contribution < -0.4 is 0 Å². The van der Waals surface area contributed by atoms with E-state index in [0.29, 0.717) is 5.75 Å². The predicted octanol–water partition coefficient (Wildman–Crippen LogP) is 2.69. The highest BCUT2D eigenvalue weighted by atomic mass is 32.1. The van der Waals surface area contributed by atoms with E-state index in [9.17, 15) is 13.2 Å². The van der Waals surface area contributed by atoms with Crippen LogP contribution >= 0.6 is 12.6 Å². The summed E-state index contributed by atoms with van der Waals surface area (Å²) in [5.41, 5.74) is 0. The Morgan fingerprint density at radius 2 is 2.00 bits per heavy atom. The molecule has 62 valence electrons. The second-order valence-electron chi connectivity index (χ2n) is 2.20. The van der Waals surface area contributed by atoms with Crippen LogP contribution in [0.5, 0.6) is 0 Å². The van der Waals surface area contributed by atoms with Gasteiger partial charge in [0.15, 0.2) is 6.17 Å². The van der Waals surface area contributed by atoms with Gasteiger partial charge in [-0.3, -0.25) is 0 Å². The molecule has 0 nitrogen and oxygen atoms in total. The number of thiol groups is 1. The fourth-order valence-electron chi connectivity index (χ4n) is 0.514. The zero-order chi connectivity index (χ0) is 8.20. The molecule has 0 aromatic rings. The lowest BCUT2D eigenvalue weighted by molar-refractivity contribution is -0.0712. The van der Waals surface area contributed by atoms with Gasteiger partial charge in [-0.15, -0.1) is 0 Å². The molecule has 0 spiro atoms. The van der Waals surface area contributed by atoms with Crippen LogP contribution in [-0.2, 0) is 0 Å². The van der Waals surface area contributed by atoms with Gasteiger partial charge in [-0.05, 0) is 19.1 Å². The topological polar surface area (TPSA) is 0 Å². The van der Waals surface area contributed by atoms with Crippen LogP contribution in [0.1, 0.15) is 19.8 Å². The number of hydrogen-bond donors (Lipinski definition) is 1. The summed E-state index contributed by atoms with van der Waals surface area (Å²) in [7, 11) is 0. The minimum atomic E-state index is -3.16. The molecule has 0 aliphatic heterocycles. The number of rotatable bonds is 4. The Morgan fingerprint density at radius 3 is 2.30 bits per heavy atom. The zero-order valence-electron chi connectivity index (χ0n) is 5.78. The highest BCUT2D eigenvalue weighted by molar-refractivity contribution is 7.80. The SMILES string of the molecule is CC(F)C(F)(F)CCCS. The Bertz CT molecular complexity index is 93.0. The summed E-state index contributed by atoms with van der Waals surface area (Å²) in [5.74, 6) is -2.79. The molecule has 0 aliphatic rings. The Labute approximate surface area is 64.2 Å². The van der Waals surface area contributed by atoms with Crippen molar-refractivity contribution in [1.29, 1.82) is 0 Å². The molecular weight excluding hydrogens is 161 g/mol. The van der Waals surface area contributed by atoms with Gasteiger partial charge in [0.05, 0.1) is 0 Å². The summed E-state index contributed by atoms with van der Waals surface area (Å²) in [6.45, 7) is 0.874. The Kier molecular flexibility index (Phi) is 4.17. The maximum atomic E-state index is 12.3. The summed E-state index contributed by atoms with van der Waals surface area (Å²) in [5, 5.41) is 0. The van der Waals surface area contributed by atoms with E-state index in [-0.39, 0.29) is 6.42 Å². The minimum Gasteiger partial charge on any atom is -0.241 e. The van der Waals surface area contributed by atoms with E-state index in [1.165, 1.54) is 0 Å². The van der Waals surface area contributed by atoms with Crippen molar-refractivity contribution in [3.8, 4) is 0 Å². The average molecular weight is 172 g/mol. The Hall–Kier alpha value is 0.140. The van der Waals surface area contributed by atoms with Gasteiger partial charge in [0.2, 0.25) is 0 Å². The maximum Gasteiger partial charge on any atom is 0.278 e. The van der Waals surface area contributed by atoms with E-state index in [1.807, 2.05) is 0 Å². The van der Waals surface area contributed by atoms with Gasteiger partial charge < -0.3 is 0 Å². The lowest BCUT2D eigenvalue weighted by Crippen LogP contribution is -2.27. The van der Waals surface area contributed by atoms with E-state index in [0.717, 1.165) is 6.92 Å². The van der Waals surface area contributed by atoms with Crippen molar-refractivity contribution in [3.63, 3.8) is 0 Å².